The Morgan fingerprint density at radius 2 is 1.86 bits per heavy atom. The minimum absolute atomic E-state index is 0.00355. The van der Waals surface area contributed by atoms with Gasteiger partial charge >= 0.3 is 0 Å². The lowest BCUT2D eigenvalue weighted by Gasteiger charge is -2.18. The lowest BCUT2D eigenvalue weighted by atomic mass is 9.94. The van der Waals surface area contributed by atoms with Gasteiger partial charge in [0.2, 0.25) is 0 Å². The molecule has 112 valence electrons. The van der Waals surface area contributed by atoms with Gasteiger partial charge in [0.05, 0.1) is 13.2 Å². The van der Waals surface area contributed by atoms with E-state index in [1.165, 1.54) is 37.4 Å². The SMILES string of the molecule is COc1cc(O)ccc1-c1c([C@@H](O)CN)ccc(O)c1O. The third-order valence-electron chi connectivity index (χ3n) is 3.23. The van der Waals surface area contributed by atoms with Gasteiger partial charge in [-0.3, -0.25) is 0 Å². The molecule has 0 aliphatic heterocycles. The second kappa shape index (κ2) is 5.90. The molecule has 0 amide bonds. The van der Waals surface area contributed by atoms with E-state index in [0.29, 0.717) is 16.9 Å². The van der Waals surface area contributed by atoms with Gasteiger partial charge in [-0.25, -0.2) is 0 Å². The van der Waals surface area contributed by atoms with Crippen molar-refractivity contribution in [1.82, 2.24) is 0 Å². The van der Waals surface area contributed by atoms with Gasteiger partial charge in [-0.2, -0.15) is 0 Å². The maximum Gasteiger partial charge on any atom is 0.165 e. The van der Waals surface area contributed by atoms with Crippen LogP contribution in [0, 0.1) is 0 Å². The van der Waals surface area contributed by atoms with Gasteiger partial charge in [-0.1, -0.05) is 6.07 Å². The van der Waals surface area contributed by atoms with Crippen LogP contribution in [0.1, 0.15) is 11.7 Å². The fourth-order valence-electron chi connectivity index (χ4n) is 2.17. The number of nitrogens with two attached hydrogens (primary N) is 1. The van der Waals surface area contributed by atoms with Crippen LogP contribution in [0.3, 0.4) is 0 Å². The van der Waals surface area contributed by atoms with Gasteiger partial charge in [0.15, 0.2) is 11.5 Å². The van der Waals surface area contributed by atoms with Gasteiger partial charge in [0, 0.05) is 23.7 Å². The average Bonchev–Trinajstić information content (AvgIpc) is 2.49. The maximum absolute atomic E-state index is 10.1. The molecule has 2 rings (SSSR count). The highest BCUT2D eigenvalue weighted by Crippen LogP contribution is 2.45. The van der Waals surface area contributed by atoms with Crippen molar-refractivity contribution in [3.8, 4) is 34.1 Å². The highest BCUT2D eigenvalue weighted by molar-refractivity contribution is 5.81. The van der Waals surface area contributed by atoms with Crippen molar-refractivity contribution in [1.29, 1.82) is 0 Å². The number of ether oxygens (including phenoxy) is 1. The molecular weight excluding hydrogens is 274 g/mol. The Morgan fingerprint density at radius 3 is 2.48 bits per heavy atom. The third-order valence-corrected chi connectivity index (χ3v) is 3.23. The van der Waals surface area contributed by atoms with Crippen molar-refractivity contribution in [2.45, 2.75) is 6.10 Å². The van der Waals surface area contributed by atoms with Crippen LogP contribution in [-0.2, 0) is 0 Å². The Kier molecular flexibility index (Phi) is 4.21. The monoisotopic (exact) mass is 291 g/mol. The van der Waals surface area contributed by atoms with Crippen LogP contribution in [0.5, 0.6) is 23.0 Å². The standard InChI is InChI=1S/C15H17NO5/c1-21-13-6-8(17)2-3-10(13)14-9(12(19)7-16)4-5-11(18)15(14)20/h2-6,12,17-20H,7,16H2,1H3/t12-/m0/s1. The molecule has 0 saturated heterocycles. The van der Waals surface area contributed by atoms with E-state index in [1.54, 1.807) is 0 Å². The number of hydrogen-bond acceptors (Lipinski definition) is 6. The lowest BCUT2D eigenvalue weighted by Crippen LogP contribution is -2.12. The van der Waals surface area contributed by atoms with E-state index >= 15 is 0 Å². The van der Waals surface area contributed by atoms with Crippen LogP contribution in [0.15, 0.2) is 30.3 Å². The summed E-state index contributed by atoms with van der Waals surface area (Å²) in [6.07, 6.45) is -1.01. The number of phenolic OH excluding ortho intramolecular Hbond substituents is 3. The molecular formula is C15H17NO5. The number of benzene rings is 2. The summed E-state index contributed by atoms with van der Waals surface area (Å²) in [7, 11) is 1.41. The molecule has 2 aromatic carbocycles. The van der Waals surface area contributed by atoms with E-state index in [0.717, 1.165) is 0 Å². The van der Waals surface area contributed by atoms with E-state index in [9.17, 15) is 20.4 Å². The summed E-state index contributed by atoms with van der Waals surface area (Å²) in [6.45, 7) is -0.0440. The summed E-state index contributed by atoms with van der Waals surface area (Å²) in [5.74, 6) is -0.422. The number of phenols is 3. The zero-order chi connectivity index (χ0) is 15.6. The maximum atomic E-state index is 10.1. The smallest absolute Gasteiger partial charge is 0.165 e. The zero-order valence-corrected chi connectivity index (χ0v) is 11.4. The van der Waals surface area contributed by atoms with Crippen molar-refractivity contribution in [3.05, 3.63) is 35.9 Å². The Bertz CT molecular complexity index is 657. The second-order valence-corrected chi connectivity index (χ2v) is 4.53. The second-order valence-electron chi connectivity index (χ2n) is 4.53. The molecule has 0 heterocycles. The molecule has 2 aromatic rings. The van der Waals surface area contributed by atoms with Crippen LogP contribution in [0.2, 0.25) is 0 Å². The van der Waals surface area contributed by atoms with Crippen molar-refractivity contribution in [2.75, 3.05) is 13.7 Å². The number of aromatic hydroxyl groups is 3. The van der Waals surface area contributed by atoms with E-state index in [-0.39, 0.29) is 29.4 Å². The molecule has 21 heavy (non-hydrogen) atoms. The van der Waals surface area contributed by atoms with Gasteiger partial charge < -0.3 is 30.9 Å². The first-order valence-electron chi connectivity index (χ1n) is 6.30. The summed E-state index contributed by atoms with van der Waals surface area (Å²) < 4.78 is 5.18. The van der Waals surface area contributed by atoms with E-state index in [1.807, 2.05) is 0 Å². The van der Waals surface area contributed by atoms with Gasteiger partial charge in [-0.05, 0) is 23.8 Å². The molecule has 6 heteroatoms. The summed E-state index contributed by atoms with van der Waals surface area (Å²) in [4.78, 5) is 0. The summed E-state index contributed by atoms with van der Waals surface area (Å²) in [5.41, 5.74) is 6.46. The van der Waals surface area contributed by atoms with Crippen molar-refractivity contribution >= 4 is 0 Å². The Labute approximate surface area is 121 Å². The first-order chi connectivity index (χ1) is 9.99. The molecule has 0 fully saturated rings. The molecule has 0 saturated carbocycles. The predicted octanol–water partition coefficient (Wildman–Crippen LogP) is 1.47. The average molecular weight is 291 g/mol. The first kappa shape index (κ1) is 15.0. The molecule has 6 nitrogen and oxygen atoms in total. The highest BCUT2D eigenvalue weighted by atomic mass is 16.5. The van der Waals surface area contributed by atoms with E-state index in [4.69, 9.17) is 10.5 Å². The highest BCUT2D eigenvalue weighted by Gasteiger charge is 2.21. The Hall–Kier alpha value is -2.44. The largest absolute Gasteiger partial charge is 0.508 e. The van der Waals surface area contributed by atoms with Crippen molar-refractivity contribution in [3.63, 3.8) is 0 Å². The van der Waals surface area contributed by atoms with Gasteiger partial charge in [0.25, 0.3) is 0 Å². The summed E-state index contributed by atoms with van der Waals surface area (Å²) >= 11 is 0. The van der Waals surface area contributed by atoms with Crippen molar-refractivity contribution in [2.24, 2.45) is 5.73 Å². The molecule has 1 atom stereocenters. The van der Waals surface area contributed by atoms with Crippen LogP contribution >= 0.6 is 0 Å². The molecule has 0 spiro atoms. The number of rotatable bonds is 4. The Morgan fingerprint density at radius 1 is 1.14 bits per heavy atom. The van der Waals surface area contributed by atoms with E-state index in [2.05, 4.69) is 0 Å². The molecule has 0 bridgehead atoms. The molecule has 0 aromatic heterocycles. The summed E-state index contributed by atoms with van der Waals surface area (Å²) in [5, 5.41) is 39.4. The fourth-order valence-corrected chi connectivity index (χ4v) is 2.17. The zero-order valence-electron chi connectivity index (χ0n) is 11.4. The van der Waals surface area contributed by atoms with Crippen LogP contribution in [0.25, 0.3) is 11.1 Å². The third kappa shape index (κ3) is 2.72. The first-order valence-corrected chi connectivity index (χ1v) is 6.30. The summed E-state index contributed by atoms with van der Waals surface area (Å²) in [6, 6.07) is 7.07. The lowest BCUT2D eigenvalue weighted by molar-refractivity contribution is 0.187. The predicted molar refractivity (Wildman–Crippen MR) is 77.4 cm³/mol. The minimum Gasteiger partial charge on any atom is -0.508 e. The fraction of sp³-hybridized carbons (Fsp3) is 0.200. The van der Waals surface area contributed by atoms with Crippen LogP contribution < -0.4 is 10.5 Å². The van der Waals surface area contributed by atoms with Crippen LogP contribution in [-0.4, -0.2) is 34.1 Å². The number of methoxy groups -OCH3 is 1. The number of aliphatic hydroxyl groups excluding tert-OH is 1. The molecule has 0 unspecified atom stereocenters. The Balaban J connectivity index is 2.75. The normalized spacial score (nSPS) is 12.1. The van der Waals surface area contributed by atoms with Gasteiger partial charge in [-0.15, -0.1) is 0 Å². The minimum atomic E-state index is -1.01. The number of aliphatic hydroxyl groups is 1. The quantitative estimate of drug-likeness (QED) is 0.545. The van der Waals surface area contributed by atoms with Crippen molar-refractivity contribution < 1.29 is 25.2 Å². The van der Waals surface area contributed by atoms with Gasteiger partial charge in [0.1, 0.15) is 11.5 Å². The molecule has 0 aliphatic carbocycles. The molecule has 0 radical (unpaired) electrons. The molecule has 0 aliphatic rings. The van der Waals surface area contributed by atoms with E-state index < -0.39 is 6.10 Å². The molecule has 6 N–H and O–H groups in total. The van der Waals surface area contributed by atoms with Crippen LogP contribution in [0.4, 0.5) is 0 Å². The topological polar surface area (TPSA) is 116 Å². The number of hydrogen-bond donors (Lipinski definition) is 5.